The summed E-state index contributed by atoms with van der Waals surface area (Å²) in [6.07, 6.45) is 0.550. The summed E-state index contributed by atoms with van der Waals surface area (Å²) < 4.78 is 0. The molecule has 116 valence electrons. The Morgan fingerprint density at radius 2 is 1.65 bits per heavy atom. The Morgan fingerprint density at radius 3 is 2.13 bits per heavy atom. The average Bonchev–Trinajstić information content (AvgIpc) is 2.54. The van der Waals surface area contributed by atoms with E-state index >= 15 is 0 Å². The van der Waals surface area contributed by atoms with E-state index in [0.29, 0.717) is 17.5 Å². The van der Waals surface area contributed by atoms with Gasteiger partial charge < -0.3 is 5.32 Å². The highest BCUT2D eigenvalue weighted by molar-refractivity contribution is 5.74. The monoisotopic (exact) mass is 308 g/mol. The third-order valence-corrected chi connectivity index (χ3v) is 5.13. The highest BCUT2D eigenvalue weighted by Gasteiger charge is 2.63. The van der Waals surface area contributed by atoms with E-state index in [2.05, 4.69) is 5.32 Å². The van der Waals surface area contributed by atoms with Crippen molar-refractivity contribution in [3.05, 3.63) is 80.9 Å². The van der Waals surface area contributed by atoms with Gasteiger partial charge >= 0.3 is 0 Å². The van der Waals surface area contributed by atoms with Crippen molar-refractivity contribution in [1.82, 2.24) is 5.32 Å². The van der Waals surface area contributed by atoms with Crippen LogP contribution in [0.1, 0.15) is 41.5 Å². The Kier molecular flexibility index (Phi) is 2.82. The summed E-state index contributed by atoms with van der Waals surface area (Å²) in [5.74, 6) is -0.153. The van der Waals surface area contributed by atoms with E-state index in [1.165, 1.54) is 6.92 Å². The maximum absolute atomic E-state index is 12.3. The van der Waals surface area contributed by atoms with E-state index < -0.39 is 11.6 Å². The maximum Gasteiger partial charge on any atom is 0.292 e. The van der Waals surface area contributed by atoms with Crippen molar-refractivity contribution in [2.45, 2.75) is 30.8 Å². The Morgan fingerprint density at radius 1 is 1.13 bits per heavy atom. The van der Waals surface area contributed by atoms with Crippen molar-refractivity contribution in [3.63, 3.8) is 0 Å². The molecule has 0 spiro atoms. The van der Waals surface area contributed by atoms with Gasteiger partial charge in [0.2, 0.25) is 5.91 Å². The molecule has 0 aliphatic heterocycles. The Bertz CT molecular complexity index is 783. The molecule has 5 heteroatoms. The molecule has 5 nitrogen and oxygen atoms in total. The van der Waals surface area contributed by atoms with Crippen LogP contribution in [0.5, 0.6) is 0 Å². The van der Waals surface area contributed by atoms with Crippen molar-refractivity contribution < 1.29 is 9.72 Å². The number of hydrogen-bond donors (Lipinski definition) is 1. The smallest absolute Gasteiger partial charge is 0.292 e. The second kappa shape index (κ2) is 4.65. The minimum absolute atomic E-state index is 0.0843. The van der Waals surface area contributed by atoms with Gasteiger partial charge in [0, 0.05) is 28.9 Å². The van der Waals surface area contributed by atoms with Crippen LogP contribution in [0, 0.1) is 10.1 Å². The number of nitrogens with one attached hydrogen (secondary N) is 1. The van der Waals surface area contributed by atoms with E-state index in [4.69, 9.17) is 0 Å². The van der Waals surface area contributed by atoms with Gasteiger partial charge in [-0.2, -0.15) is 0 Å². The molecule has 0 aromatic heterocycles. The van der Waals surface area contributed by atoms with Gasteiger partial charge in [-0.15, -0.1) is 0 Å². The van der Waals surface area contributed by atoms with E-state index in [1.54, 1.807) is 0 Å². The summed E-state index contributed by atoms with van der Waals surface area (Å²) in [5.41, 5.74) is 2.01. The second-order valence-electron chi connectivity index (χ2n) is 6.24. The SMILES string of the molecule is CC(=O)NC1CC2c3ccccc3C1([N+](=O)[O-])c1ccccc12. The summed E-state index contributed by atoms with van der Waals surface area (Å²) >= 11 is 0. The molecule has 1 amide bonds. The van der Waals surface area contributed by atoms with Crippen molar-refractivity contribution in [1.29, 1.82) is 0 Å². The molecule has 2 bridgehead atoms. The van der Waals surface area contributed by atoms with Gasteiger partial charge in [-0.05, 0) is 17.5 Å². The van der Waals surface area contributed by atoms with Crippen LogP contribution in [-0.2, 0) is 10.3 Å². The van der Waals surface area contributed by atoms with Gasteiger partial charge in [-0.3, -0.25) is 14.9 Å². The molecule has 3 aliphatic carbocycles. The maximum atomic E-state index is 12.3. The Labute approximate surface area is 133 Å². The zero-order valence-electron chi connectivity index (χ0n) is 12.7. The topological polar surface area (TPSA) is 72.2 Å². The molecule has 3 aliphatic rings. The number of benzene rings is 2. The molecule has 0 fully saturated rings. The molecular formula is C18H16N2O3. The number of nitrogens with zero attached hydrogens (tertiary/aromatic N) is 1. The van der Waals surface area contributed by atoms with Gasteiger partial charge in [0.1, 0.15) is 6.04 Å². The van der Waals surface area contributed by atoms with Gasteiger partial charge in [-0.1, -0.05) is 48.5 Å². The largest absolute Gasteiger partial charge is 0.346 e. The summed E-state index contributed by atoms with van der Waals surface area (Å²) in [7, 11) is 0. The summed E-state index contributed by atoms with van der Waals surface area (Å²) in [6, 6.07) is 14.6. The van der Waals surface area contributed by atoms with Crippen molar-refractivity contribution >= 4 is 5.91 Å². The fraction of sp³-hybridized carbons (Fsp3) is 0.278. The lowest BCUT2D eigenvalue weighted by atomic mass is 9.57. The van der Waals surface area contributed by atoms with E-state index in [1.807, 2.05) is 48.5 Å². The molecule has 0 saturated heterocycles. The third-order valence-electron chi connectivity index (χ3n) is 5.13. The van der Waals surface area contributed by atoms with Crippen molar-refractivity contribution in [2.75, 3.05) is 0 Å². The molecular weight excluding hydrogens is 292 g/mol. The van der Waals surface area contributed by atoms with Gasteiger partial charge in [0.05, 0.1) is 0 Å². The molecule has 0 saturated carbocycles. The summed E-state index contributed by atoms with van der Waals surface area (Å²) in [5, 5.41) is 15.1. The normalized spacial score (nSPS) is 27.0. The van der Waals surface area contributed by atoms with E-state index in [0.717, 1.165) is 11.1 Å². The first kappa shape index (κ1) is 13.9. The fourth-order valence-electron chi connectivity index (χ4n) is 4.38. The number of carbonyl (C=O) groups excluding carboxylic acids is 1. The molecule has 23 heavy (non-hydrogen) atoms. The number of fused-ring (bicyclic) bond motifs is 1. The molecule has 2 aromatic rings. The first-order valence-electron chi connectivity index (χ1n) is 7.67. The highest BCUT2D eigenvalue weighted by atomic mass is 16.6. The standard InChI is InChI=1S/C18H16N2O3/c1-11(21)19-17-10-14-12-6-2-4-8-15(12)18(17,20(22)23)16-9-5-3-7-13(14)16/h2-9,14,17H,10H2,1H3,(H,19,21). The number of rotatable bonds is 2. The summed E-state index contributed by atoms with van der Waals surface area (Å²) in [6.45, 7) is 1.41. The summed E-state index contributed by atoms with van der Waals surface area (Å²) in [4.78, 5) is 23.7. The predicted molar refractivity (Wildman–Crippen MR) is 84.7 cm³/mol. The lowest BCUT2D eigenvalue weighted by molar-refractivity contribution is -0.574. The van der Waals surface area contributed by atoms with Crippen LogP contribution in [0.25, 0.3) is 0 Å². The molecule has 0 radical (unpaired) electrons. The second-order valence-corrected chi connectivity index (χ2v) is 6.24. The van der Waals surface area contributed by atoms with E-state index in [9.17, 15) is 14.9 Å². The number of hydrogen-bond acceptors (Lipinski definition) is 3. The zero-order chi connectivity index (χ0) is 16.2. The van der Waals surface area contributed by atoms with Crippen LogP contribution in [0.4, 0.5) is 0 Å². The first-order chi connectivity index (χ1) is 11.1. The van der Waals surface area contributed by atoms with Gasteiger partial charge in [0.15, 0.2) is 0 Å². The molecule has 1 atom stereocenters. The quantitative estimate of drug-likeness (QED) is 0.684. The van der Waals surface area contributed by atoms with Crippen LogP contribution < -0.4 is 5.32 Å². The lowest BCUT2D eigenvalue weighted by Crippen LogP contribution is -2.61. The van der Waals surface area contributed by atoms with Gasteiger partial charge in [0.25, 0.3) is 5.54 Å². The molecule has 2 aromatic carbocycles. The Balaban J connectivity index is 2.07. The van der Waals surface area contributed by atoms with Crippen molar-refractivity contribution in [3.8, 4) is 0 Å². The third kappa shape index (κ3) is 1.64. The minimum atomic E-state index is -1.41. The minimum Gasteiger partial charge on any atom is -0.346 e. The highest BCUT2D eigenvalue weighted by Crippen LogP contribution is 2.56. The van der Waals surface area contributed by atoms with E-state index in [-0.39, 0.29) is 16.7 Å². The zero-order valence-corrected chi connectivity index (χ0v) is 12.7. The first-order valence-corrected chi connectivity index (χ1v) is 7.67. The molecule has 5 rings (SSSR count). The number of amides is 1. The Hall–Kier alpha value is -2.69. The predicted octanol–water partition coefficient (Wildman–Crippen LogP) is 2.56. The van der Waals surface area contributed by atoms with Crippen LogP contribution in [0.2, 0.25) is 0 Å². The fourth-order valence-corrected chi connectivity index (χ4v) is 4.38. The van der Waals surface area contributed by atoms with Gasteiger partial charge in [-0.25, -0.2) is 0 Å². The van der Waals surface area contributed by atoms with Crippen molar-refractivity contribution in [2.24, 2.45) is 0 Å². The van der Waals surface area contributed by atoms with Crippen LogP contribution in [0.15, 0.2) is 48.5 Å². The molecule has 0 heterocycles. The molecule has 1 N–H and O–H groups in total. The van der Waals surface area contributed by atoms with Crippen LogP contribution in [0.3, 0.4) is 0 Å². The number of carbonyl (C=O) groups is 1. The molecule has 1 unspecified atom stereocenters. The average molecular weight is 308 g/mol. The van der Waals surface area contributed by atoms with Crippen LogP contribution >= 0.6 is 0 Å². The number of nitro groups is 1. The lowest BCUT2D eigenvalue weighted by Gasteiger charge is -2.47. The van der Waals surface area contributed by atoms with Crippen LogP contribution in [-0.4, -0.2) is 16.9 Å².